The number of hydrogen-bond acceptors (Lipinski definition) is 9. The molecule has 41 heavy (non-hydrogen) atoms. The second-order valence-corrected chi connectivity index (χ2v) is 12.7. The van der Waals surface area contributed by atoms with Crippen LogP contribution in [-0.2, 0) is 16.4 Å². The van der Waals surface area contributed by atoms with E-state index < -0.39 is 21.0 Å². The van der Waals surface area contributed by atoms with Crippen LogP contribution in [0.25, 0.3) is 11.3 Å². The van der Waals surface area contributed by atoms with Gasteiger partial charge in [-0.2, -0.15) is 0 Å². The van der Waals surface area contributed by atoms with Gasteiger partial charge in [0.1, 0.15) is 5.75 Å². The van der Waals surface area contributed by atoms with E-state index in [1.54, 1.807) is 38.1 Å². The Bertz CT molecular complexity index is 1410. The molecule has 3 aromatic rings. The molecule has 0 aliphatic carbocycles. The van der Waals surface area contributed by atoms with Crippen LogP contribution < -0.4 is 21.5 Å². The number of unbranched alkanes of at least 4 members (excludes halogenated alkanes) is 3. The Morgan fingerprint density at radius 3 is 2.44 bits per heavy atom. The molecule has 0 radical (unpaired) electrons. The number of carbonyl (C=O) groups excluding carboxylic acids is 1. The van der Waals surface area contributed by atoms with Crippen molar-refractivity contribution in [3.05, 3.63) is 59.9 Å². The van der Waals surface area contributed by atoms with Gasteiger partial charge in [0.2, 0.25) is 0 Å². The Kier molecular flexibility index (Phi) is 11.6. The van der Waals surface area contributed by atoms with Gasteiger partial charge in [-0.3, -0.25) is 4.79 Å². The summed E-state index contributed by atoms with van der Waals surface area (Å²) in [6, 6.07) is 11.6. The fourth-order valence-corrected chi connectivity index (χ4v) is 5.26. The molecule has 11 heteroatoms. The minimum Gasteiger partial charge on any atom is -0.491 e. The average Bonchev–Trinajstić information content (AvgIpc) is 2.97. The lowest BCUT2D eigenvalue weighted by molar-refractivity contribution is 0.102. The first-order valence-electron chi connectivity index (χ1n) is 14.0. The molecule has 2 aromatic carbocycles. The van der Waals surface area contributed by atoms with Crippen LogP contribution in [0.4, 0.5) is 11.5 Å². The Morgan fingerprint density at radius 2 is 1.78 bits per heavy atom. The van der Waals surface area contributed by atoms with Crippen LogP contribution in [-0.4, -0.2) is 47.4 Å². The van der Waals surface area contributed by atoms with Crippen molar-refractivity contribution < 1.29 is 23.1 Å². The molecule has 0 aliphatic rings. The van der Waals surface area contributed by atoms with E-state index in [2.05, 4.69) is 15.3 Å². The maximum absolute atomic E-state index is 13.3. The van der Waals surface area contributed by atoms with Crippen LogP contribution >= 0.6 is 0 Å². The predicted octanol–water partition coefficient (Wildman–Crippen LogP) is 4.72. The number of aliphatic hydroxyl groups excluding tert-OH is 1. The Hall–Kier alpha value is -3.54. The number of nitrogens with one attached hydrogen (secondary N) is 1. The van der Waals surface area contributed by atoms with Gasteiger partial charge in [0.05, 0.1) is 40.4 Å². The molecule has 1 aromatic heterocycles. The van der Waals surface area contributed by atoms with E-state index in [1.165, 1.54) is 18.3 Å². The van der Waals surface area contributed by atoms with Gasteiger partial charge < -0.3 is 26.6 Å². The number of aliphatic hydroxyl groups is 1. The molecule has 222 valence electrons. The molecule has 0 saturated carbocycles. The number of anilines is 2. The van der Waals surface area contributed by atoms with Gasteiger partial charge in [-0.1, -0.05) is 50.5 Å². The van der Waals surface area contributed by atoms with Crippen molar-refractivity contribution in [3.8, 4) is 17.0 Å². The molecule has 0 bridgehead atoms. The molecule has 0 fully saturated rings. The highest BCUT2D eigenvalue weighted by atomic mass is 32.2. The fraction of sp³-hybridized carbons (Fsp3) is 0.433. The summed E-state index contributed by atoms with van der Waals surface area (Å²) in [7, 11) is -3.42. The van der Waals surface area contributed by atoms with Crippen molar-refractivity contribution in [1.29, 1.82) is 0 Å². The maximum Gasteiger partial charge on any atom is 0.278 e. The number of rotatable bonds is 15. The second kappa shape index (κ2) is 14.9. The first-order valence-corrected chi connectivity index (χ1v) is 15.5. The number of carbonyl (C=O) groups is 1. The van der Waals surface area contributed by atoms with Crippen LogP contribution in [0.5, 0.6) is 5.75 Å². The summed E-state index contributed by atoms with van der Waals surface area (Å²) in [5.74, 6) is -0.116. The highest BCUT2D eigenvalue weighted by Gasteiger charge is 2.21. The molecule has 0 spiro atoms. The minimum absolute atomic E-state index is 0.0455. The minimum atomic E-state index is -3.42. The smallest absolute Gasteiger partial charge is 0.278 e. The van der Waals surface area contributed by atoms with Crippen molar-refractivity contribution in [1.82, 2.24) is 9.97 Å². The van der Waals surface area contributed by atoms with E-state index in [4.69, 9.17) is 16.2 Å². The number of sulfone groups is 1. The molecule has 0 unspecified atom stereocenters. The first kappa shape index (κ1) is 32.0. The van der Waals surface area contributed by atoms with Gasteiger partial charge in [0.15, 0.2) is 21.3 Å². The summed E-state index contributed by atoms with van der Waals surface area (Å²) in [5, 5.41) is 12.0. The number of para-hydroxylation sites is 1. The lowest BCUT2D eigenvalue weighted by Gasteiger charge is -2.16. The number of nitrogen functional groups attached to an aromatic ring is 1. The number of ether oxygens (including phenoxy) is 1. The molecular weight excluding hydrogens is 542 g/mol. The fourth-order valence-electron chi connectivity index (χ4n) is 4.20. The van der Waals surface area contributed by atoms with Gasteiger partial charge in [-0.05, 0) is 51.3 Å². The lowest BCUT2D eigenvalue weighted by atomic mass is 10.1. The van der Waals surface area contributed by atoms with E-state index >= 15 is 0 Å². The Labute approximate surface area is 242 Å². The lowest BCUT2D eigenvalue weighted by Crippen LogP contribution is -2.18. The van der Waals surface area contributed by atoms with Crippen LogP contribution in [0.1, 0.15) is 75.3 Å². The molecule has 0 aliphatic heterocycles. The molecule has 1 atom stereocenters. The summed E-state index contributed by atoms with van der Waals surface area (Å²) >= 11 is 0. The summed E-state index contributed by atoms with van der Waals surface area (Å²) in [4.78, 5) is 22.1. The van der Waals surface area contributed by atoms with Crippen molar-refractivity contribution >= 4 is 27.2 Å². The standard InChI is InChI=1S/C30H41N5O5S/c1-4-23(36)11-7-5-6-8-17-40-28-22(18-31)10-9-12-25(28)35-30(37)27-29(32)33-19-26(34-27)21-13-15-24(16-14-21)41(38,39)20(2)3/h9-10,12-16,19-20,23,36H,4-8,11,17-18,31H2,1-3H3,(H2,32,33)(H,35,37)/t23-/m1/s1. The van der Waals surface area contributed by atoms with Gasteiger partial charge in [0.25, 0.3) is 5.91 Å². The predicted molar refractivity (Wildman–Crippen MR) is 161 cm³/mol. The third-order valence-corrected chi connectivity index (χ3v) is 9.00. The second-order valence-electron chi connectivity index (χ2n) is 10.2. The van der Waals surface area contributed by atoms with Crippen LogP contribution in [0.2, 0.25) is 0 Å². The highest BCUT2D eigenvalue weighted by molar-refractivity contribution is 7.92. The van der Waals surface area contributed by atoms with Gasteiger partial charge in [-0.15, -0.1) is 0 Å². The largest absolute Gasteiger partial charge is 0.491 e. The van der Waals surface area contributed by atoms with E-state index in [9.17, 15) is 18.3 Å². The van der Waals surface area contributed by atoms with Gasteiger partial charge >= 0.3 is 0 Å². The van der Waals surface area contributed by atoms with Crippen molar-refractivity contribution in [2.45, 2.75) is 82.1 Å². The Morgan fingerprint density at radius 1 is 1.07 bits per heavy atom. The van der Waals surface area contributed by atoms with Crippen molar-refractivity contribution in [2.24, 2.45) is 5.73 Å². The third-order valence-electron chi connectivity index (χ3n) is 6.83. The molecule has 1 amide bonds. The van der Waals surface area contributed by atoms with Crippen molar-refractivity contribution in [2.75, 3.05) is 17.7 Å². The molecule has 3 rings (SSSR count). The van der Waals surface area contributed by atoms with Crippen molar-refractivity contribution in [3.63, 3.8) is 0 Å². The van der Waals surface area contributed by atoms with E-state index in [-0.39, 0.29) is 29.1 Å². The van der Waals surface area contributed by atoms with Crippen LogP contribution in [0, 0.1) is 0 Å². The SMILES string of the molecule is CC[C@@H](O)CCCCCCOc1c(CN)cccc1NC(=O)c1nc(-c2ccc(S(=O)(=O)C(C)C)cc2)cnc1N. The third kappa shape index (κ3) is 8.48. The van der Waals surface area contributed by atoms with Gasteiger partial charge in [0, 0.05) is 17.7 Å². The maximum atomic E-state index is 13.3. The number of amides is 1. The van der Waals surface area contributed by atoms with E-state index in [1.807, 2.05) is 13.0 Å². The molecule has 1 heterocycles. The summed E-state index contributed by atoms with van der Waals surface area (Å²) in [6.07, 6.45) is 6.55. The zero-order valence-electron chi connectivity index (χ0n) is 24.0. The molecular formula is C30H41N5O5S. The zero-order chi connectivity index (χ0) is 30.0. The zero-order valence-corrected chi connectivity index (χ0v) is 24.8. The normalized spacial score (nSPS) is 12.3. The summed E-state index contributed by atoms with van der Waals surface area (Å²) in [5.41, 5.74) is 14.0. The number of nitrogens with zero attached hydrogens (tertiary/aromatic N) is 2. The average molecular weight is 584 g/mol. The van der Waals surface area contributed by atoms with Gasteiger partial charge in [-0.25, -0.2) is 18.4 Å². The number of nitrogens with two attached hydrogens (primary N) is 2. The van der Waals surface area contributed by atoms with Crippen LogP contribution in [0.3, 0.4) is 0 Å². The topological polar surface area (TPSA) is 171 Å². The molecule has 6 N–H and O–H groups in total. The van der Waals surface area contributed by atoms with E-state index in [0.29, 0.717) is 29.3 Å². The summed E-state index contributed by atoms with van der Waals surface area (Å²) < 4.78 is 31.0. The number of benzene rings is 2. The van der Waals surface area contributed by atoms with E-state index in [0.717, 1.165) is 44.1 Å². The number of hydrogen-bond donors (Lipinski definition) is 4. The number of aromatic nitrogens is 2. The summed E-state index contributed by atoms with van der Waals surface area (Å²) in [6.45, 7) is 5.91. The monoisotopic (exact) mass is 583 g/mol. The quantitative estimate of drug-likeness (QED) is 0.185. The van der Waals surface area contributed by atoms with Crippen LogP contribution in [0.15, 0.2) is 53.6 Å². The molecule has 0 saturated heterocycles. The highest BCUT2D eigenvalue weighted by Crippen LogP contribution is 2.30. The Balaban J connectivity index is 1.72. The first-order chi connectivity index (χ1) is 19.6. The molecule has 10 nitrogen and oxygen atoms in total.